The predicted octanol–water partition coefficient (Wildman–Crippen LogP) is 2.94. The van der Waals surface area contributed by atoms with Crippen LogP contribution in [-0.2, 0) is 0 Å². The van der Waals surface area contributed by atoms with Gasteiger partial charge >= 0.3 is 6.09 Å². The van der Waals surface area contributed by atoms with Crippen LogP contribution in [0, 0.1) is 6.92 Å². The Morgan fingerprint density at radius 1 is 1.18 bits per heavy atom. The maximum atomic E-state index is 12.2. The number of primary amides is 1. The topological polar surface area (TPSA) is 107 Å². The summed E-state index contributed by atoms with van der Waals surface area (Å²) in [7, 11) is 0. The van der Waals surface area contributed by atoms with Crippen molar-refractivity contribution in [1.29, 1.82) is 0 Å². The van der Waals surface area contributed by atoms with Gasteiger partial charge < -0.3 is 21.5 Å². The van der Waals surface area contributed by atoms with Gasteiger partial charge in [-0.05, 0) is 48.9 Å². The standard InChI is InChI=1S/C15H14ClN3O3/c1-8-6-10(22-15(18)21)3-5-13(8)19-14(20)11-7-9(17)2-4-12(11)16/h2-7H,17H2,1H3,(H2,18,21)(H,19,20). The molecule has 0 fully saturated rings. The molecule has 0 saturated heterocycles. The lowest BCUT2D eigenvalue weighted by molar-refractivity contribution is 0.102. The second kappa shape index (κ2) is 6.36. The molecule has 7 heteroatoms. The molecule has 0 atom stereocenters. The molecule has 0 bridgehead atoms. The zero-order chi connectivity index (χ0) is 16.3. The van der Waals surface area contributed by atoms with Crippen LogP contribution in [0.25, 0.3) is 0 Å². The van der Waals surface area contributed by atoms with Crippen LogP contribution in [0.3, 0.4) is 0 Å². The molecule has 0 aliphatic rings. The molecular formula is C15H14ClN3O3. The largest absolute Gasteiger partial charge is 0.410 e. The Morgan fingerprint density at radius 2 is 1.91 bits per heavy atom. The number of rotatable bonds is 3. The third kappa shape index (κ3) is 3.67. The van der Waals surface area contributed by atoms with Gasteiger partial charge in [0, 0.05) is 11.4 Å². The zero-order valence-corrected chi connectivity index (χ0v) is 12.5. The minimum absolute atomic E-state index is 0.276. The van der Waals surface area contributed by atoms with Crippen molar-refractivity contribution in [3.8, 4) is 5.75 Å². The summed E-state index contributed by atoms with van der Waals surface area (Å²) in [6.07, 6.45) is -0.900. The van der Waals surface area contributed by atoms with Crippen molar-refractivity contribution in [3.05, 3.63) is 52.5 Å². The zero-order valence-electron chi connectivity index (χ0n) is 11.7. The van der Waals surface area contributed by atoms with E-state index in [9.17, 15) is 9.59 Å². The third-order valence-corrected chi connectivity index (χ3v) is 3.23. The first kappa shape index (κ1) is 15.7. The van der Waals surface area contributed by atoms with E-state index in [1.165, 1.54) is 12.1 Å². The van der Waals surface area contributed by atoms with Gasteiger partial charge in [0.25, 0.3) is 5.91 Å². The summed E-state index contributed by atoms with van der Waals surface area (Å²) in [5.41, 5.74) is 12.6. The van der Waals surface area contributed by atoms with E-state index in [1.54, 1.807) is 31.2 Å². The maximum Gasteiger partial charge on any atom is 0.409 e. The van der Waals surface area contributed by atoms with E-state index in [0.29, 0.717) is 27.7 Å². The van der Waals surface area contributed by atoms with Gasteiger partial charge in [0.2, 0.25) is 0 Å². The summed E-state index contributed by atoms with van der Waals surface area (Å²) in [4.78, 5) is 22.9. The molecule has 0 unspecified atom stereocenters. The molecule has 0 aromatic heterocycles. The summed E-state index contributed by atoms with van der Waals surface area (Å²) in [6.45, 7) is 1.75. The number of halogens is 1. The maximum absolute atomic E-state index is 12.2. The Kier molecular flexibility index (Phi) is 4.53. The van der Waals surface area contributed by atoms with Crippen molar-refractivity contribution in [3.63, 3.8) is 0 Å². The number of amides is 2. The van der Waals surface area contributed by atoms with Gasteiger partial charge in [0.1, 0.15) is 5.75 Å². The molecule has 0 aliphatic heterocycles. The fraction of sp³-hybridized carbons (Fsp3) is 0.0667. The highest BCUT2D eigenvalue weighted by molar-refractivity contribution is 6.34. The molecule has 6 nitrogen and oxygen atoms in total. The molecule has 0 heterocycles. The van der Waals surface area contributed by atoms with Crippen LogP contribution < -0.4 is 21.5 Å². The van der Waals surface area contributed by atoms with Gasteiger partial charge in [0.05, 0.1) is 10.6 Å². The van der Waals surface area contributed by atoms with Crippen molar-refractivity contribution in [2.75, 3.05) is 11.1 Å². The van der Waals surface area contributed by atoms with Gasteiger partial charge in [-0.1, -0.05) is 11.6 Å². The third-order valence-electron chi connectivity index (χ3n) is 2.90. The van der Waals surface area contributed by atoms with Crippen molar-refractivity contribution in [1.82, 2.24) is 0 Å². The molecule has 5 N–H and O–H groups in total. The highest BCUT2D eigenvalue weighted by Gasteiger charge is 2.12. The molecule has 2 amide bonds. The van der Waals surface area contributed by atoms with Crippen LogP contribution in [0.15, 0.2) is 36.4 Å². The summed E-state index contributed by atoms with van der Waals surface area (Å²) < 4.78 is 4.76. The van der Waals surface area contributed by atoms with Crippen LogP contribution in [-0.4, -0.2) is 12.0 Å². The molecule has 0 spiro atoms. The first-order valence-corrected chi connectivity index (χ1v) is 6.69. The van der Waals surface area contributed by atoms with E-state index in [-0.39, 0.29) is 11.5 Å². The quantitative estimate of drug-likeness (QED) is 0.756. The summed E-state index contributed by atoms with van der Waals surface area (Å²) in [6, 6.07) is 9.38. The molecule has 114 valence electrons. The molecule has 0 saturated carbocycles. The number of nitrogen functional groups attached to an aromatic ring is 1. The van der Waals surface area contributed by atoms with Crippen LogP contribution in [0.1, 0.15) is 15.9 Å². The second-order valence-corrected chi connectivity index (χ2v) is 5.00. The molecule has 0 aliphatic carbocycles. The Labute approximate surface area is 132 Å². The average molecular weight is 320 g/mol. The smallest absolute Gasteiger partial charge is 0.409 e. The highest BCUT2D eigenvalue weighted by Crippen LogP contribution is 2.24. The average Bonchev–Trinajstić information content (AvgIpc) is 2.43. The Balaban J connectivity index is 2.21. The lowest BCUT2D eigenvalue weighted by atomic mass is 10.1. The van der Waals surface area contributed by atoms with Crippen LogP contribution in [0.4, 0.5) is 16.2 Å². The Hall–Kier alpha value is -2.73. The first-order valence-electron chi connectivity index (χ1n) is 6.31. The van der Waals surface area contributed by atoms with Crippen molar-refractivity contribution in [2.24, 2.45) is 5.73 Å². The summed E-state index contributed by atoms with van der Waals surface area (Å²) >= 11 is 5.99. The van der Waals surface area contributed by atoms with E-state index < -0.39 is 6.09 Å². The van der Waals surface area contributed by atoms with Crippen LogP contribution >= 0.6 is 11.6 Å². The SMILES string of the molecule is Cc1cc(OC(N)=O)ccc1NC(=O)c1cc(N)ccc1Cl. The van der Waals surface area contributed by atoms with Crippen LogP contribution in [0.2, 0.25) is 5.02 Å². The second-order valence-electron chi connectivity index (χ2n) is 4.59. The number of aryl methyl sites for hydroxylation is 1. The van der Waals surface area contributed by atoms with E-state index in [2.05, 4.69) is 5.32 Å². The molecule has 2 aromatic rings. The number of hydrogen-bond acceptors (Lipinski definition) is 4. The number of ether oxygens (including phenoxy) is 1. The van der Waals surface area contributed by atoms with Crippen molar-refractivity contribution < 1.29 is 14.3 Å². The minimum Gasteiger partial charge on any atom is -0.410 e. The van der Waals surface area contributed by atoms with Gasteiger partial charge in [-0.25, -0.2) is 4.79 Å². The fourth-order valence-electron chi connectivity index (χ4n) is 1.86. The van der Waals surface area contributed by atoms with Crippen molar-refractivity contribution >= 4 is 35.0 Å². The number of benzene rings is 2. The van der Waals surface area contributed by atoms with E-state index >= 15 is 0 Å². The molecular weight excluding hydrogens is 306 g/mol. The molecule has 0 radical (unpaired) electrons. The van der Waals surface area contributed by atoms with E-state index in [1.807, 2.05) is 0 Å². The number of anilines is 2. The van der Waals surface area contributed by atoms with Crippen LogP contribution in [0.5, 0.6) is 5.75 Å². The molecule has 22 heavy (non-hydrogen) atoms. The van der Waals surface area contributed by atoms with Gasteiger partial charge in [-0.15, -0.1) is 0 Å². The lowest BCUT2D eigenvalue weighted by Gasteiger charge is -2.11. The normalized spacial score (nSPS) is 10.1. The summed E-state index contributed by atoms with van der Waals surface area (Å²) in [5, 5.41) is 3.03. The van der Waals surface area contributed by atoms with Gasteiger partial charge in [0.15, 0.2) is 0 Å². The molecule has 2 rings (SSSR count). The molecule has 2 aromatic carbocycles. The minimum atomic E-state index is -0.900. The van der Waals surface area contributed by atoms with E-state index in [0.717, 1.165) is 0 Å². The first-order chi connectivity index (χ1) is 10.4. The number of nitrogens with two attached hydrogens (primary N) is 2. The Bertz CT molecular complexity index is 747. The highest BCUT2D eigenvalue weighted by atomic mass is 35.5. The van der Waals surface area contributed by atoms with Gasteiger partial charge in [-0.3, -0.25) is 4.79 Å². The summed E-state index contributed by atoms with van der Waals surface area (Å²) in [5.74, 6) is -0.0889. The number of nitrogens with one attached hydrogen (secondary N) is 1. The van der Waals surface area contributed by atoms with Gasteiger partial charge in [-0.2, -0.15) is 0 Å². The number of carbonyl (C=O) groups excluding carboxylic acids is 2. The Morgan fingerprint density at radius 3 is 2.55 bits per heavy atom. The van der Waals surface area contributed by atoms with Crippen molar-refractivity contribution in [2.45, 2.75) is 6.92 Å². The predicted molar refractivity (Wildman–Crippen MR) is 85.2 cm³/mol. The monoisotopic (exact) mass is 319 g/mol. The number of hydrogen-bond donors (Lipinski definition) is 3. The number of carbonyl (C=O) groups is 2. The lowest BCUT2D eigenvalue weighted by Crippen LogP contribution is -2.17. The van der Waals surface area contributed by atoms with E-state index in [4.69, 9.17) is 27.8 Å². The fourth-order valence-corrected chi connectivity index (χ4v) is 2.07.